The summed E-state index contributed by atoms with van der Waals surface area (Å²) in [5, 5.41) is 2.57. The van der Waals surface area contributed by atoms with E-state index in [1.807, 2.05) is 0 Å². The molecule has 0 spiro atoms. The summed E-state index contributed by atoms with van der Waals surface area (Å²) in [5.41, 5.74) is 5.39. The molecule has 0 aromatic carbocycles. The van der Waals surface area contributed by atoms with Crippen LogP contribution in [-0.2, 0) is 27.9 Å². The lowest BCUT2D eigenvalue weighted by molar-refractivity contribution is -0.149. The van der Waals surface area contributed by atoms with E-state index in [9.17, 15) is 14.2 Å². The van der Waals surface area contributed by atoms with Gasteiger partial charge in [0.05, 0.1) is 19.0 Å². The summed E-state index contributed by atoms with van der Waals surface area (Å²) in [5.74, 6) is -0.691. The van der Waals surface area contributed by atoms with E-state index in [0.717, 1.165) is 0 Å². The molecule has 2 aromatic heterocycles. The average molecular weight is 491 g/mol. The van der Waals surface area contributed by atoms with Gasteiger partial charge in [0.15, 0.2) is 17.4 Å². The molecular weight excluding hydrogens is 467 g/mol. The SMILES string of the molecule is CC(C)OC(=O)[C@@H](C)NP1(=O)OC[C@H]2O[C@@H](n3cnc4c(=O)[nH]c(N)nc43)[C@](C)(Cl)[C@@H]2O1. The van der Waals surface area contributed by atoms with Crippen LogP contribution in [0.1, 0.15) is 33.9 Å². The molecule has 176 valence electrons. The standard InChI is InChI=1S/C17H24ClN6O7P/c1-7(2)29-14(26)8(3)23-32(27)28-5-9-11(31-32)17(4,18)15(30-9)24-6-20-10-12(24)21-16(19)22-13(10)25/h6-9,11,15H,5H2,1-4H3,(H,23,27)(H3,19,21,22,25)/t8-,9-,11-,15-,17-,32?/m1/s1. The topological polar surface area (TPSA) is 173 Å². The molecule has 2 saturated heterocycles. The monoisotopic (exact) mass is 490 g/mol. The maximum atomic E-state index is 13.2. The van der Waals surface area contributed by atoms with Crippen LogP contribution in [0, 0.1) is 0 Å². The Morgan fingerprint density at radius 2 is 2.22 bits per heavy atom. The van der Waals surface area contributed by atoms with E-state index in [-0.39, 0.29) is 29.8 Å². The summed E-state index contributed by atoms with van der Waals surface area (Å²) in [4.78, 5) is 33.5. The first-order valence-corrected chi connectivity index (χ1v) is 11.8. The molecule has 2 aliphatic rings. The quantitative estimate of drug-likeness (QED) is 0.310. The Morgan fingerprint density at radius 3 is 2.91 bits per heavy atom. The number of halogens is 1. The van der Waals surface area contributed by atoms with Gasteiger partial charge in [0.2, 0.25) is 5.95 Å². The number of ether oxygens (including phenoxy) is 2. The molecule has 2 fully saturated rings. The van der Waals surface area contributed by atoms with Crippen LogP contribution < -0.4 is 16.4 Å². The van der Waals surface area contributed by atoms with Crippen molar-refractivity contribution >= 4 is 42.4 Å². The Balaban J connectivity index is 1.58. The number of carbonyl (C=O) groups excluding carboxylic acids is 1. The van der Waals surface area contributed by atoms with Gasteiger partial charge in [-0.15, -0.1) is 11.6 Å². The Labute approximate surface area is 187 Å². The lowest BCUT2D eigenvalue weighted by Crippen LogP contribution is -2.47. The third-order valence-corrected chi connectivity index (χ3v) is 7.20. The number of alkyl halides is 1. The van der Waals surface area contributed by atoms with Crippen molar-refractivity contribution in [1.82, 2.24) is 24.6 Å². The highest BCUT2D eigenvalue weighted by atomic mass is 35.5. The van der Waals surface area contributed by atoms with Crippen molar-refractivity contribution in [3.8, 4) is 0 Å². The number of H-pyrrole nitrogens is 1. The number of nitrogens with one attached hydrogen (secondary N) is 2. The summed E-state index contributed by atoms with van der Waals surface area (Å²) >= 11 is 6.83. The van der Waals surface area contributed by atoms with Crippen LogP contribution in [-0.4, -0.2) is 61.3 Å². The molecule has 0 bridgehead atoms. The summed E-state index contributed by atoms with van der Waals surface area (Å²) < 4.78 is 36.9. The van der Waals surface area contributed by atoms with Crippen LogP contribution in [0.5, 0.6) is 0 Å². The Hall–Kier alpha value is -2.02. The summed E-state index contributed by atoms with van der Waals surface area (Å²) in [6.45, 7) is 6.43. The van der Waals surface area contributed by atoms with Gasteiger partial charge >= 0.3 is 13.7 Å². The lowest BCUT2D eigenvalue weighted by atomic mass is 10.0. The van der Waals surface area contributed by atoms with Crippen molar-refractivity contribution in [1.29, 1.82) is 0 Å². The number of anilines is 1. The van der Waals surface area contributed by atoms with Crippen LogP contribution in [0.4, 0.5) is 5.95 Å². The van der Waals surface area contributed by atoms with Gasteiger partial charge in [-0.3, -0.25) is 28.2 Å². The van der Waals surface area contributed by atoms with Gasteiger partial charge in [-0.25, -0.2) is 14.6 Å². The fraction of sp³-hybridized carbons (Fsp3) is 0.647. The molecular formula is C17H24ClN6O7P. The highest BCUT2D eigenvalue weighted by Gasteiger charge is 2.60. The van der Waals surface area contributed by atoms with Crippen LogP contribution >= 0.6 is 19.3 Å². The predicted molar refractivity (Wildman–Crippen MR) is 113 cm³/mol. The van der Waals surface area contributed by atoms with Gasteiger partial charge in [0, 0.05) is 0 Å². The molecule has 0 amide bonds. The van der Waals surface area contributed by atoms with Crippen molar-refractivity contribution in [3.05, 3.63) is 16.7 Å². The lowest BCUT2D eigenvalue weighted by Gasteiger charge is -2.36. The van der Waals surface area contributed by atoms with E-state index in [4.69, 9.17) is 35.9 Å². The zero-order valence-corrected chi connectivity index (χ0v) is 19.4. The van der Waals surface area contributed by atoms with Gasteiger partial charge in [-0.1, -0.05) is 0 Å². The van der Waals surface area contributed by atoms with E-state index in [0.29, 0.717) is 0 Å². The van der Waals surface area contributed by atoms with E-state index < -0.39 is 48.6 Å². The maximum Gasteiger partial charge on any atom is 0.406 e. The molecule has 6 atom stereocenters. The van der Waals surface area contributed by atoms with E-state index in [1.165, 1.54) is 17.8 Å². The zero-order valence-electron chi connectivity index (χ0n) is 17.8. The molecule has 4 heterocycles. The normalized spacial score (nSPS) is 33.4. The molecule has 0 saturated carbocycles. The number of nitrogen functional groups attached to an aromatic ring is 1. The molecule has 2 aromatic rings. The minimum absolute atomic E-state index is 0.0622. The Bertz CT molecular complexity index is 1150. The number of esters is 1. The number of imidazole rings is 1. The van der Waals surface area contributed by atoms with Crippen molar-refractivity contribution in [3.63, 3.8) is 0 Å². The number of fused-ring (bicyclic) bond motifs is 2. The van der Waals surface area contributed by atoms with Crippen LogP contribution in [0.3, 0.4) is 0 Å². The third kappa shape index (κ3) is 4.04. The molecule has 0 radical (unpaired) electrons. The van der Waals surface area contributed by atoms with Crippen molar-refractivity contribution in [2.75, 3.05) is 12.3 Å². The highest BCUT2D eigenvalue weighted by molar-refractivity contribution is 7.51. The largest absolute Gasteiger partial charge is 0.462 e. The predicted octanol–water partition coefficient (Wildman–Crippen LogP) is 1.05. The second kappa shape index (κ2) is 8.08. The minimum Gasteiger partial charge on any atom is -0.462 e. The smallest absolute Gasteiger partial charge is 0.406 e. The second-order valence-corrected chi connectivity index (χ2v) is 10.6. The Morgan fingerprint density at radius 1 is 1.50 bits per heavy atom. The number of rotatable bonds is 5. The van der Waals surface area contributed by atoms with Gasteiger partial charge in [-0.2, -0.15) is 4.98 Å². The first-order chi connectivity index (χ1) is 14.9. The highest BCUT2D eigenvalue weighted by Crippen LogP contribution is 2.57. The zero-order chi connectivity index (χ0) is 23.4. The van der Waals surface area contributed by atoms with Gasteiger partial charge < -0.3 is 15.2 Å². The van der Waals surface area contributed by atoms with Crippen LogP contribution in [0.15, 0.2) is 11.1 Å². The van der Waals surface area contributed by atoms with Gasteiger partial charge in [0.25, 0.3) is 5.56 Å². The van der Waals surface area contributed by atoms with E-state index in [1.54, 1.807) is 20.8 Å². The average Bonchev–Trinajstić information content (AvgIpc) is 3.19. The molecule has 32 heavy (non-hydrogen) atoms. The number of hydrogen-bond donors (Lipinski definition) is 3. The number of nitrogens with two attached hydrogens (primary N) is 1. The van der Waals surface area contributed by atoms with Crippen molar-refractivity contribution < 1.29 is 27.9 Å². The van der Waals surface area contributed by atoms with Gasteiger partial charge in [0.1, 0.15) is 23.1 Å². The summed E-state index contributed by atoms with van der Waals surface area (Å²) in [7, 11) is -3.91. The third-order valence-electron chi connectivity index (χ3n) is 5.10. The molecule has 4 N–H and O–H groups in total. The maximum absolute atomic E-state index is 13.2. The second-order valence-electron chi connectivity index (χ2n) is 8.11. The molecule has 0 aliphatic carbocycles. The molecule has 4 rings (SSSR count). The summed E-state index contributed by atoms with van der Waals surface area (Å²) in [6, 6.07) is -0.948. The van der Waals surface area contributed by atoms with E-state index >= 15 is 0 Å². The molecule has 13 nitrogen and oxygen atoms in total. The van der Waals surface area contributed by atoms with Crippen molar-refractivity contribution in [2.45, 2.75) is 63.2 Å². The van der Waals surface area contributed by atoms with E-state index in [2.05, 4.69) is 20.0 Å². The first-order valence-electron chi connectivity index (χ1n) is 9.89. The molecule has 2 aliphatic heterocycles. The minimum atomic E-state index is -3.91. The van der Waals surface area contributed by atoms with Gasteiger partial charge in [-0.05, 0) is 27.7 Å². The summed E-state index contributed by atoms with van der Waals surface area (Å²) in [6.07, 6.45) is -1.43. The van der Waals surface area contributed by atoms with Crippen LogP contribution in [0.25, 0.3) is 11.2 Å². The number of aromatic nitrogens is 4. The van der Waals surface area contributed by atoms with Crippen molar-refractivity contribution in [2.24, 2.45) is 0 Å². The molecule has 15 heteroatoms. The molecule has 1 unspecified atom stereocenters. The number of nitrogens with zero attached hydrogens (tertiary/aromatic N) is 3. The fourth-order valence-electron chi connectivity index (χ4n) is 3.67. The number of carbonyl (C=O) groups is 1. The fourth-order valence-corrected chi connectivity index (χ4v) is 5.84. The number of aromatic amines is 1. The van der Waals surface area contributed by atoms with Crippen LogP contribution in [0.2, 0.25) is 0 Å². The number of hydrogen-bond acceptors (Lipinski definition) is 10. The Kier molecular flexibility index (Phi) is 5.85. The first kappa shape index (κ1) is 23.1.